The Kier molecular flexibility index (Phi) is 2.96. The fourth-order valence-corrected chi connectivity index (χ4v) is 3.70. The molecule has 2 saturated carbocycles. The van der Waals surface area contributed by atoms with E-state index in [1.165, 1.54) is 44.1 Å². The molecule has 0 bridgehead atoms. The summed E-state index contributed by atoms with van der Waals surface area (Å²) in [7, 11) is 0. The molecule has 0 heterocycles. The van der Waals surface area contributed by atoms with Crippen molar-refractivity contribution in [1.82, 2.24) is 0 Å². The lowest BCUT2D eigenvalue weighted by atomic mass is 9.83. The molecule has 1 heteroatoms. The van der Waals surface area contributed by atoms with E-state index in [-0.39, 0.29) is 5.54 Å². The molecule has 0 saturated heterocycles. The smallest absolute Gasteiger partial charge is 0.0230 e. The van der Waals surface area contributed by atoms with Crippen molar-refractivity contribution in [3.63, 3.8) is 0 Å². The third-order valence-electron chi connectivity index (χ3n) is 4.77. The van der Waals surface area contributed by atoms with Gasteiger partial charge in [-0.25, -0.2) is 0 Å². The van der Waals surface area contributed by atoms with Gasteiger partial charge in [-0.2, -0.15) is 0 Å². The van der Waals surface area contributed by atoms with Crippen LogP contribution in [0, 0.1) is 11.8 Å². The van der Waals surface area contributed by atoms with E-state index in [2.05, 4.69) is 30.3 Å². The Balaban J connectivity index is 1.61. The van der Waals surface area contributed by atoms with Gasteiger partial charge in [-0.15, -0.1) is 0 Å². The minimum absolute atomic E-state index is 0.128. The molecule has 2 aliphatic rings. The molecule has 0 radical (unpaired) electrons. The average Bonchev–Trinajstić information content (AvgIpc) is 3.03. The fraction of sp³-hybridized carbons (Fsp3) is 0.625. The van der Waals surface area contributed by atoms with Crippen molar-refractivity contribution < 1.29 is 0 Å². The Labute approximate surface area is 104 Å². The highest BCUT2D eigenvalue weighted by atomic mass is 14.9. The summed E-state index contributed by atoms with van der Waals surface area (Å²) < 4.78 is 0. The third kappa shape index (κ3) is 2.40. The van der Waals surface area contributed by atoms with E-state index in [0.29, 0.717) is 0 Å². The molecule has 3 rings (SSSR count). The highest BCUT2D eigenvalue weighted by molar-refractivity contribution is 5.23. The second-order valence-corrected chi connectivity index (χ2v) is 6.10. The first-order valence-corrected chi connectivity index (χ1v) is 7.11. The number of hydrogen-bond donors (Lipinski definition) is 1. The summed E-state index contributed by atoms with van der Waals surface area (Å²) in [6.45, 7) is 0. The molecule has 17 heavy (non-hydrogen) atoms. The molecule has 0 amide bonds. The van der Waals surface area contributed by atoms with Crippen molar-refractivity contribution in [3.8, 4) is 0 Å². The van der Waals surface area contributed by atoms with Crippen molar-refractivity contribution in [1.29, 1.82) is 0 Å². The Morgan fingerprint density at radius 1 is 1.06 bits per heavy atom. The maximum atomic E-state index is 6.55. The third-order valence-corrected chi connectivity index (χ3v) is 4.77. The molecule has 0 aliphatic heterocycles. The molecular weight excluding hydrogens is 206 g/mol. The first-order chi connectivity index (χ1) is 8.28. The SMILES string of the molecule is NC1(Cc2ccccc2)CC1C1CCCCC1. The average molecular weight is 229 g/mol. The number of rotatable bonds is 3. The Hall–Kier alpha value is -0.820. The van der Waals surface area contributed by atoms with Gasteiger partial charge in [0.1, 0.15) is 0 Å². The predicted octanol–water partition coefficient (Wildman–Crippen LogP) is 3.53. The van der Waals surface area contributed by atoms with Gasteiger partial charge in [-0.1, -0.05) is 62.4 Å². The van der Waals surface area contributed by atoms with E-state index in [0.717, 1.165) is 18.3 Å². The van der Waals surface area contributed by atoms with Crippen LogP contribution < -0.4 is 5.73 Å². The molecule has 2 N–H and O–H groups in total. The van der Waals surface area contributed by atoms with E-state index in [1.54, 1.807) is 0 Å². The number of nitrogens with two attached hydrogens (primary N) is 1. The molecule has 1 aromatic rings. The maximum Gasteiger partial charge on any atom is 0.0230 e. The van der Waals surface area contributed by atoms with Crippen LogP contribution in [-0.2, 0) is 6.42 Å². The van der Waals surface area contributed by atoms with Crippen LogP contribution in [0.4, 0.5) is 0 Å². The largest absolute Gasteiger partial charge is 0.325 e. The van der Waals surface area contributed by atoms with Crippen molar-refractivity contribution in [2.75, 3.05) is 0 Å². The van der Waals surface area contributed by atoms with Crippen LogP contribution in [0.5, 0.6) is 0 Å². The lowest BCUT2D eigenvalue weighted by Gasteiger charge is -2.24. The molecule has 92 valence electrons. The molecule has 1 aromatic carbocycles. The molecule has 2 fully saturated rings. The summed E-state index contributed by atoms with van der Waals surface area (Å²) in [6.07, 6.45) is 9.50. The Morgan fingerprint density at radius 3 is 2.47 bits per heavy atom. The zero-order chi connectivity index (χ0) is 11.7. The first-order valence-electron chi connectivity index (χ1n) is 7.11. The summed E-state index contributed by atoms with van der Waals surface area (Å²) in [5.41, 5.74) is 8.09. The van der Waals surface area contributed by atoms with E-state index in [9.17, 15) is 0 Å². The summed E-state index contributed by atoms with van der Waals surface area (Å²) in [5.74, 6) is 1.74. The second kappa shape index (κ2) is 4.45. The van der Waals surface area contributed by atoms with Crippen LogP contribution in [0.25, 0.3) is 0 Å². The van der Waals surface area contributed by atoms with Gasteiger partial charge in [-0.3, -0.25) is 0 Å². The second-order valence-electron chi connectivity index (χ2n) is 6.10. The van der Waals surface area contributed by atoms with Crippen molar-refractivity contribution in [3.05, 3.63) is 35.9 Å². The monoisotopic (exact) mass is 229 g/mol. The normalized spacial score (nSPS) is 33.6. The Bertz CT molecular complexity index is 366. The van der Waals surface area contributed by atoms with Crippen LogP contribution in [-0.4, -0.2) is 5.54 Å². The summed E-state index contributed by atoms with van der Waals surface area (Å²) >= 11 is 0. The van der Waals surface area contributed by atoms with Gasteiger partial charge >= 0.3 is 0 Å². The first kappa shape index (κ1) is 11.3. The molecule has 2 aliphatic carbocycles. The molecule has 0 spiro atoms. The van der Waals surface area contributed by atoms with E-state index >= 15 is 0 Å². The maximum absolute atomic E-state index is 6.55. The van der Waals surface area contributed by atoms with Gasteiger partial charge in [0.15, 0.2) is 0 Å². The number of hydrogen-bond acceptors (Lipinski definition) is 1. The van der Waals surface area contributed by atoms with Crippen LogP contribution in [0.2, 0.25) is 0 Å². The van der Waals surface area contributed by atoms with E-state index < -0.39 is 0 Å². The fourth-order valence-electron chi connectivity index (χ4n) is 3.70. The predicted molar refractivity (Wildman–Crippen MR) is 71.7 cm³/mol. The van der Waals surface area contributed by atoms with Crippen molar-refractivity contribution in [2.45, 2.75) is 50.5 Å². The molecule has 1 nitrogen and oxygen atoms in total. The van der Waals surface area contributed by atoms with Gasteiger partial charge in [0.25, 0.3) is 0 Å². The summed E-state index contributed by atoms with van der Waals surface area (Å²) in [6, 6.07) is 10.8. The zero-order valence-electron chi connectivity index (χ0n) is 10.6. The van der Waals surface area contributed by atoms with Crippen molar-refractivity contribution >= 4 is 0 Å². The van der Waals surface area contributed by atoms with Crippen LogP contribution in [0.1, 0.15) is 44.1 Å². The lowest BCUT2D eigenvalue weighted by molar-refractivity contribution is 0.300. The van der Waals surface area contributed by atoms with E-state index in [1.807, 2.05) is 0 Å². The van der Waals surface area contributed by atoms with Crippen LogP contribution in [0.3, 0.4) is 0 Å². The van der Waals surface area contributed by atoms with Crippen LogP contribution in [0.15, 0.2) is 30.3 Å². The van der Waals surface area contributed by atoms with Gasteiger partial charge in [0, 0.05) is 5.54 Å². The van der Waals surface area contributed by atoms with Gasteiger partial charge < -0.3 is 5.73 Å². The Morgan fingerprint density at radius 2 is 1.76 bits per heavy atom. The topological polar surface area (TPSA) is 26.0 Å². The quantitative estimate of drug-likeness (QED) is 0.843. The van der Waals surface area contributed by atoms with E-state index in [4.69, 9.17) is 5.73 Å². The lowest BCUT2D eigenvalue weighted by Crippen LogP contribution is -2.30. The molecule has 2 atom stereocenters. The van der Waals surface area contributed by atoms with Crippen molar-refractivity contribution in [2.24, 2.45) is 17.6 Å². The zero-order valence-corrected chi connectivity index (χ0v) is 10.6. The minimum atomic E-state index is 0.128. The summed E-state index contributed by atoms with van der Waals surface area (Å²) in [5, 5.41) is 0. The highest BCUT2D eigenvalue weighted by Crippen LogP contribution is 2.52. The molecule has 0 aromatic heterocycles. The van der Waals surface area contributed by atoms with Gasteiger partial charge in [0.05, 0.1) is 0 Å². The minimum Gasteiger partial charge on any atom is -0.325 e. The molecule has 2 unspecified atom stereocenters. The molecular formula is C16H23N. The summed E-state index contributed by atoms with van der Waals surface area (Å²) in [4.78, 5) is 0. The highest BCUT2D eigenvalue weighted by Gasteiger charge is 2.53. The van der Waals surface area contributed by atoms with Crippen LogP contribution >= 0.6 is 0 Å². The van der Waals surface area contributed by atoms with Gasteiger partial charge in [-0.05, 0) is 30.2 Å². The number of benzene rings is 1. The standard InChI is InChI=1S/C16H23N/c17-16(11-13-7-3-1-4-8-13)12-15(16)14-9-5-2-6-10-14/h1,3-4,7-8,14-15H,2,5-6,9-12,17H2. The van der Waals surface area contributed by atoms with Gasteiger partial charge in [0.2, 0.25) is 0 Å².